The SMILES string of the molecule is O=[C]CN1CCNC(=O)CC1. The van der Waals surface area contributed by atoms with Gasteiger partial charge >= 0.3 is 0 Å². The van der Waals surface area contributed by atoms with Crippen LogP contribution in [0.2, 0.25) is 0 Å². The molecule has 1 fully saturated rings. The molecule has 1 rings (SSSR count). The fourth-order valence-corrected chi connectivity index (χ4v) is 1.06. The molecule has 1 aliphatic heterocycles. The van der Waals surface area contributed by atoms with E-state index in [1.807, 2.05) is 11.2 Å². The van der Waals surface area contributed by atoms with E-state index in [0.717, 1.165) is 6.54 Å². The van der Waals surface area contributed by atoms with Gasteiger partial charge < -0.3 is 5.32 Å². The molecule has 4 nitrogen and oxygen atoms in total. The van der Waals surface area contributed by atoms with E-state index < -0.39 is 0 Å². The molecule has 0 spiro atoms. The number of hydrogen-bond donors (Lipinski definition) is 1. The molecule has 0 aromatic carbocycles. The van der Waals surface area contributed by atoms with Crippen LogP contribution in [0.1, 0.15) is 6.42 Å². The topological polar surface area (TPSA) is 49.4 Å². The smallest absolute Gasteiger partial charge is 0.221 e. The van der Waals surface area contributed by atoms with Crippen molar-refractivity contribution in [2.75, 3.05) is 26.2 Å². The summed E-state index contributed by atoms with van der Waals surface area (Å²) >= 11 is 0. The van der Waals surface area contributed by atoms with Crippen molar-refractivity contribution in [2.24, 2.45) is 0 Å². The summed E-state index contributed by atoms with van der Waals surface area (Å²) < 4.78 is 0. The van der Waals surface area contributed by atoms with E-state index in [1.165, 1.54) is 0 Å². The molecule has 1 saturated heterocycles. The third-order valence-corrected chi connectivity index (χ3v) is 1.69. The van der Waals surface area contributed by atoms with Gasteiger partial charge in [0.2, 0.25) is 12.2 Å². The number of rotatable bonds is 2. The third-order valence-electron chi connectivity index (χ3n) is 1.69. The van der Waals surface area contributed by atoms with E-state index in [9.17, 15) is 9.59 Å². The predicted molar refractivity (Wildman–Crippen MR) is 39.8 cm³/mol. The Kier molecular flexibility index (Phi) is 3.04. The number of nitrogens with one attached hydrogen (secondary N) is 1. The molecule has 4 heteroatoms. The lowest BCUT2D eigenvalue weighted by Crippen LogP contribution is -2.29. The molecule has 0 unspecified atom stereocenters. The van der Waals surface area contributed by atoms with Crippen LogP contribution in [0, 0.1) is 0 Å². The fourth-order valence-electron chi connectivity index (χ4n) is 1.06. The van der Waals surface area contributed by atoms with Crippen molar-refractivity contribution in [3.63, 3.8) is 0 Å². The van der Waals surface area contributed by atoms with Gasteiger partial charge in [-0.1, -0.05) is 0 Å². The summed E-state index contributed by atoms with van der Waals surface area (Å²) in [6.45, 7) is 2.37. The molecule has 1 N–H and O–H groups in total. The predicted octanol–water partition coefficient (Wildman–Crippen LogP) is -1.08. The van der Waals surface area contributed by atoms with E-state index in [-0.39, 0.29) is 5.91 Å². The molecule has 1 radical (unpaired) electrons. The second-order valence-corrected chi connectivity index (χ2v) is 2.52. The van der Waals surface area contributed by atoms with E-state index in [1.54, 1.807) is 0 Å². The zero-order chi connectivity index (χ0) is 8.10. The van der Waals surface area contributed by atoms with Gasteiger partial charge in [0.05, 0.1) is 6.54 Å². The Balaban J connectivity index is 2.33. The molecule has 0 atom stereocenters. The summed E-state index contributed by atoms with van der Waals surface area (Å²) in [6.07, 6.45) is 2.30. The summed E-state index contributed by atoms with van der Waals surface area (Å²) in [6, 6.07) is 0. The number of hydrogen-bond acceptors (Lipinski definition) is 3. The zero-order valence-corrected chi connectivity index (χ0v) is 6.30. The van der Waals surface area contributed by atoms with E-state index in [2.05, 4.69) is 5.32 Å². The third kappa shape index (κ3) is 2.67. The lowest BCUT2D eigenvalue weighted by molar-refractivity contribution is -0.120. The van der Waals surface area contributed by atoms with Crippen LogP contribution in [0.25, 0.3) is 0 Å². The number of nitrogens with zero attached hydrogens (tertiary/aromatic N) is 1. The maximum absolute atomic E-state index is 10.8. The first-order chi connectivity index (χ1) is 5.33. The Hall–Kier alpha value is -0.900. The molecular weight excluding hydrogens is 144 g/mol. The molecule has 61 valence electrons. The highest BCUT2D eigenvalue weighted by Gasteiger charge is 2.11. The highest BCUT2D eigenvalue weighted by atomic mass is 16.1. The Morgan fingerprint density at radius 3 is 3.09 bits per heavy atom. The molecule has 0 aromatic rings. The Morgan fingerprint density at radius 2 is 2.36 bits per heavy atom. The summed E-state index contributed by atoms with van der Waals surface area (Å²) in [5.41, 5.74) is 0. The first-order valence-corrected chi connectivity index (χ1v) is 3.67. The Labute approximate surface area is 65.6 Å². The fraction of sp³-hybridized carbons (Fsp3) is 0.714. The largest absolute Gasteiger partial charge is 0.355 e. The van der Waals surface area contributed by atoms with Crippen LogP contribution < -0.4 is 5.32 Å². The average Bonchev–Trinajstić information content (AvgIpc) is 2.17. The van der Waals surface area contributed by atoms with Gasteiger partial charge in [-0.15, -0.1) is 0 Å². The molecule has 11 heavy (non-hydrogen) atoms. The van der Waals surface area contributed by atoms with E-state index in [4.69, 9.17) is 0 Å². The normalized spacial score (nSPS) is 20.5. The zero-order valence-electron chi connectivity index (χ0n) is 6.30. The van der Waals surface area contributed by atoms with Crippen molar-refractivity contribution in [2.45, 2.75) is 6.42 Å². The first kappa shape index (κ1) is 8.20. The molecule has 1 heterocycles. The Morgan fingerprint density at radius 1 is 1.55 bits per heavy atom. The molecular formula is C7H11N2O2. The van der Waals surface area contributed by atoms with Gasteiger partial charge in [-0.3, -0.25) is 14.5 Å². The van der Waals surface area contributed by atoms with Gasteiger partial charge in [0.25, 0.3) is 0 Å². The Bertz CT molecular complexity index is 159. The van der Waals surface area contributed by atoms with Crippen LogP contribution in [-0.4, -0.2) is 43.3 Å². The average molecular weight is 155 g/mol. The van der Waals surface area contributed by atoms with Crippen LogP contribution >= 0.6 is 0 Å². The van der Waals surface area contributed by atoms with Gasteiger partial charge in [-0.2, -0.15) is 0 Å². The number of amides is 1. The second kappa shape index (κ2) is 4.08. The standard InChI is InChI=1S/C7H11N2O2/c10-6-5-9-3-1-7(11)8-2-4-9/h1-5H2,(H,8,11). The quantitative estimate of drug-likeness (QED) is 0.551. The summed E-state index contributed by atoms with van der Waals surface area (Å²) in [4.78, 5) is 22.7. The minimum atomic E-state index is 0.0680. The van der Waals surface area contributed by atoms with Crippen LogP contribution in [0.4, 0.5) is 0 Å². The van der Waals surface area contributed by atoms with Crippen LogP contribution in [0.15, 0.2) is 0 Å². The maximum Gasteiger partial charge on any atom is 0.221 e. The van der Waals surface area contributed by atoms with Crippen molar-refractivity contribution in [3.05, 3.63) is 0 Å². The summed E-state index contributed by atoms with van der Waals surface area (Å²) in [5, 5.41) is 2.72. The molecule has 0 bridgehead atoms. The van der Waals surface area contributed by atoms with Crippen LogP contribution in [0.5, 0.6) is 0 Å². The van der Waals surface area contributed by atoms with Crippen LogP contribution in [-0.2, 0) is 9.59 Å². The van der Waals surface area contributed by atoms with Crippen molar-refractivity contribution in [1.29, 1.82) is 0 Å². The van der Waals surface area contributed by atoms with Gasteiger partial charge in [0, 0.05) is 26.1 Å². The lowest BCUT2D eigenvalue weighted by atomic mass is 10.4. The monoisotopic (exact) mass is 155 g/mol. The second-order valence-electron chi connectivity index (χ2n) is 2.52. The summed E-state index contributed by atoms with van der Waals surface area (Å²) in [5.74, 6) is 0.0680. The number of carbonyl (C=O) groups is 1. The molecule has 0 aliphatic carbocycles. The summed E-state index contributed by atoms with van der Waals surface area (Å²) in [7, 11) is 0. The molecule has 0 saturated carbocycles. The minimum Gasteiger partial charge on any atom is -0.355 e. The van der Waals surface area contributed by atoms with Gasteiger partial charge in [0.15, 0.2) is 0 Å². The van der Waals surface area contributed by atoms with Crippen molar-refractivity contribution in [3.8, 4) is 0 Å². The van der Waals surface area contributed by atoms with Crippen molar-refractivity contribution >= 4 is 12.2 Å². The molecule has 0 aromatic heterocycles. The minimum absolute atomic E-state index is 0.0680. The van der Waals surface area contributed by atoms with Crippen LogP contribution in [0.3, 0.4) is 0 Å². The first-order valence-electron chi connectivity index (χ1n) is 3.67. The lowest BCUT2D eigenvalue weighted by Gasteiger charge is -2.13. The van der Waals surface area contributed by atoms with Gasteiger partial charge in [-0.05, 0) is 0 Å². The van der Waals surface area contributed by atoms with Gasteiger partial charge in [0.1, 0.15) is 0 Å². The number of carbonyl (C=O) groups excluding carboxylic acids is 2. The van der Waals surface area contributed by atoms with E-state index in [0.29, 0.717) is 26.1 Å². The maximum atomic E-state index is 10.8. The highest BCUT2D eigenvalue weighted by Crippen LogP contribution is 1.93. The highest BCUT2D eigenvalue weighted by molar-refractivity contribution is 5.76. The van der Waals surface area contributed by atoms with Crippen molar-refractivity contribution in [1.82, 2.24) is 10.2 Å². The van der Waals surface area contributed by atoms with Crippen molar-refractivity contribution < 1.29 is 9.59 Å². The molecule has 1 amide bonds. The van der Waals surface area contributed by atoms with E-state index >= 15 is 0 Å². The molecule has 1 aliphatic rings. The van der Waals surface area contributed by atoms with Gasteiger partial charge in [-0.25, -0.2) is 0 Å².